The Morgan fingerprint density at radius 3 is 2.33 bits per heavy atom. The molecule has 1 aromatic heterocycles. The van der Waals surface area contributed by atoms with Gasteiger partial charge in [0, 0.05) is 12.4 Å². The molecule has 4 heteroatoms. The zero-order valence-electron chi connectivity index (χ0n) is 14.2. The number of amides is 1. The summed E-state index contributed by atoms with van der Waals surface area (Å²) in [6, 6.07) is 14.1. The summed E-state index contributed by atoms with van der Waals surface area (Å²) in [5.74, 6) is 0. The highest BCUT2D eigenvalue weighted by Crippen LogP contribution is 2.28. The normalized spacial score (nSPS) is 10.6. The Morgan fingerprint density at radius 1 is 1.08 bits per heavy atom. The smallest absolute Gasteiger partial charge is 0.289 e. The summed E-state index contributed by atoms with van der Waals surface area (Å²) in [6.45, 7) is 6.69. The van der Waals surface area contributed by atoms with Gasteiger partial charge in [-0.2, -0.15) is 0 Å². The van der Waals surface area contributed by atoms with Crippen molar-refractivity contribution in [3.63, 3.8) is 0 Å². The Kier molecular flexibility index (Phi) is 4.47. The van der Waals surface area contributed by atoms with E-state index in [1.54, 1.807) is 18.7 Å². The first kappa shape index (κ1) is 16.0. The fourth-order valence-corrected chi connectivity index (χ4v) is 3.12. The number of rotatable bonds is 3. The van der Waals surface area contributed by atoms with Gasteiger partial charge in [0.05, 0.1) is 12.2 Å². The largest absolute Gasteiger partial charge is 0.334 e. The minimum absolute atomic E-state index is 0.105. The first-order valence-corrected chi connectivity index (χ1v) is 7.98. The Balaban J connectivity index is 2.07. The van der Waals surface area contributed by atoms with E-state index >= 15 is 0 Å². The lowest BCUT2D eigenvalue weighted by Gasteiger charge is -2.27. The van der Waals surface area contributed by atoms with Gasteiger partial charge in [-0.25, -0.2) is 9.78 Å². The van der Waals surface area contributed by atoms with Crippen LogP contribution in [-0.4, -0.2) is 15.6 Å². The Bertz CT molecular complexity index is 816. The molecule has 0 unspecified atom stereocenters. The van der Waals surface area contributed by atoms with E-state index in [0.717, 1.165) is 22.4 Å². The van der Waals surface area contributed by atoms with E-state index in [4.69, 9.17) is 0 Å². The molecular weight excluding hydrogens is 298 g/mol. The quantitative estimate of drug-likeness (QED) is 0.713. The minimum atomic E-state index is -0.105. The van der Waals surface area contributed by atoms with Gasteiger partial charge in [0.2, 0.25) is 0 Å². The first-order chi connectivity index (χ1) is 11.6. The highest BCUT2D eigenvalue weighted by Gasteiger charge is 2.21. The van der Waals surface area contributed by atoms with Gasteiger partial charge < -0.3 is 0 Å². The third-order valence-corrected chi connectivity index (χ3v) is 4.05. The van der Waals surface area contributed by atoms with E-state index in [9.17, 15) is 4.79 Å². The molecule has 2 aromatic carbocycles. The molecule has 0 spiro atoms. The topological polar surface area (TPSA) is 38.1 Å². The molecule has 0 aliphatic heterocycles. The van der Waals surface area contributed by atoms with E-state index < -0.39 is 0 Å². The molecule has 0 aliphatic carbocycles. The molecule has 0 saturated carbocycles. The van der Waals surface area contributed by atoms with E-state index in [-0.39, 0.29) is 6.03 Å². The summed E-state index contributed by atoms with van der Waals surface area (Å²) in [5.41, 5.74) is 5.44. The fourth-order valence-electron chi connectivity index (χ4n) is 3.12. The zero-order valence-corrected chi connectivity index (χ0v) is 14.2. The van der Waals surface area contributed by atoms with Crippen molar-refractivity contribution in [1.29, 1.82) is 0 Å². The Labute approximate surface area is 142 Å². The van der Waals surface area contributed by atoms with Crippen molar-refractivity contribution in [2.24, 2.45) is 0 Å². The van der Waals surface area contributed by atoms with Gasteiger partial charge in [-0.15, -0.1) is 0 Å². The molecule has 4 nitrogen and oxygen atoms in total. The molecule has 0 bridgehead atoms. The van der Waals surface area contributed by atoms with Crippen LogP contribution in [0.4, 0.5) is 10.5 Å². The lowest BCUT2D eigenvalue weighted by Crippen LogP contribution is -2.34. The summed E-state index contributed by atoms with van der Waals surface area (Å²) >= 11 is 0. The molecule has 3 rings (SSSR count). The summed E-state index contributed by atoms with van der Waals surface area (Å²) in [5, 5.41) is 0. The van der Waals surface area contributed by atoms with Gasteiger partial charge in [0.15, 0.2) is 0 Å². The van der Waals surface area contributed by atoms with Crippen molar-refractivity contribution in [2.75, 3.05) is 4.90 Å². The summed E-state index contributed by atoms with van der Waals surface area (Å²) in [4.78, 5) is 18.9. The highest BCUT2D eigenvalue weighted by atomic mass is 16.2. The van der Waals surface area contributed by atoms with Crippen molar-refractivity contribution in [1.82, 2.24) is 9.55 Å². The van der Waals surface area contributed by atoms with Crippen molar-refractivity contribution in [3.05, 3.63) is 83.4 Å². The number of aromatic nitrogens is 2. The summed E-state index contributed by atoms with van der Waals surface area (Å²) < 4.78 is 1.52. The fraction of sp³-hybridized carbons (Fsp3) is 0.200. The highest BCUT2D eigenvalue weighted by molar-refractivity contribution is 5.95. The molecule has 0 aliphatic rings. The van der Waals surface area contributed by atoms with Crippen LogP contribution in [0.3, 0.4) is 0 Å². The van der Waals surface area contributed by atoms with Crippen molar-refractivity contribution in [3.8, 4) is 0 Å². The number of carbonyl (C=O) groups is 1. The average Bonchev–Trinajstić information content (AvgIpc) is 3.08. The maximum absolute atomic E-state index is 13.0. The van der Waals surface area contributed by atoms with E-state index in [1.165, 1.54) is 10.1 Å². The van der Waals surface area contributed by atoms with Crippen molar-refractivity contribution >= 4 is 11.7 Å². The number of benzene rings is 2. The third kappa shape index (κ3) is 3.23. The molecule has 0 N–H and O–H groups in total. The van der Waals surface area contributed by atoms with Crippen LogP contribution in [0.1, 0.15) is 22.3 Å². The Morgan fingerprint density at radius 2 is 1.75 bits per heavy atom. The molecule has 0 fully saturated rings. The lowest BCUT2D eigenvalue weighted by molar-refractivity contribution is 0.247. The van der Waals surface area contributed by atoms with Crippen LogP contribution < -0.4 is 4.90 Å². The van der Waals surface area contributed by atoms with Gasteiger partial charge in [-0.3, -0.25) is 9.47 Å². The second-order valence-electron chi connectivity index (χ2n) is 6.07. The number of imidazole rings is 1. The number of carbonyl (C=O) groups excluding carboxylic acids is 1. The van der Waals surface area contributed by atoms with Crippen LogP contribution in [0.2, 0.25) is 0 Å². The first-order valence-electron chi connectivity index (χ1n) is 7.98. The van der Waals surface area contributed by atoms with Gasteiger partial charge in [0.1, 0.15) is 6.33 Å². The van der Waals surface area contributed by atoms with Crippen LogP contribution >= 0.6 is 0 Å². The lowest BCUT2D eigenvalue weighted by atomic mass is 10.0. The molecule has 122 valence electrons. The standard InChI is InChI=1S/C20H21N3O/c1-15-11-16(2)19(17(3)12-15)23(13-18-7-5-4-6-8-18)20(24)22-10-9-21-14-22/h4-12,14H,13H2,1-3H3. The molecule has 0 radical (unpaired) electrons. The van der Waals surface area contributed by atoms with Crippen LogP contribution in [0.25, 0.3) is 0 Å². The molecule has 24 heavy (non-hydrogen) atoms. The van der Waals surface area contributed by atoms with Crippen molar-refractivity contribution < 1.29 is 4.79 Å². The van der Waals surface area contributed by atoms with Gasteiger partial charge in [-0.1, -0.05) is 48.0 Å². The van der Waals surface area contributed by atoms with Crippen molar-refractivity contribution in [2.45, 2.75) is 27.3 Å². The van der Waals surface area contributed by atoms with E-state index in [1.807, 2.05) is 35.2 Å². The predicted octanol–water partition coefficient (Wildman–Crippen LogP) is 4.48. The van der Waals surface area contributed by atoms with Crippen LogP contribution in [0.15, 0.2) is 61.2 Å². The molecule has 0 atom stereocenters. The van der Waals surface area contributed by atoms with Gasteiger partial charge >= 0.3 is 6.03 Å². The molecular formula is C20H21N3O. The Hall–Kier alpha value is -2.88. The minimum Gasteiger partial charge on any atom is -0.289 e. The average molecular weight is 319 g/mol. The number of anilines is 1. The number of hydrogen-bond donors (Lipinski definition) is 0. The maximum Gasteiger partial charge on any atom is 0.334 e. The van der Waals surface area contributed by atoms with Crippen LogP contribution in [0.5, 0.6) is 0 Å². The molecule has 1 amide bonds. The molecule has 3 aromatic rings. The number of hydrogen-bond acceptors (Lipinski definition) is 2. The second-order valence-corrected chi connectivity index (χ2v) is 6.07. The van der Waals surface area contributed by atoms with Gasteiger partial charge in [-0.05, 0) is 37.5 Å². The van der Waals surface area contributed by atoms with E-state index in [0.29, 0.717) is 6.54 Å². The number of nitrogens with zero attached hydrogens (tertiary/aromatic N) is 3. The predicted molar refractivity (Wildman–Crippen MR) is 96.3 cm³/mol. The summed E-state index contributed by atoms with van der Waals surface area (Å²) in [7, 11) is 0. The zero-order chi connectivity index (χ0) is 17.1. The van der Waals surface area contributed by atoms with Crippen LogP contribution in [-0.2, 0) is 6.54 Å². The maximum atomic E-state index is 13.0. The third-order valence-electron chi connectivity index (χ3n) is 4.05. The summed E-state index contributed by atoms with van der Waals surface area (Å²) in [6.07, 6.45) is 4.84. The number of aryl methyl sites for hydroxylation is 3. The van der Waals surface area contributed by atoms with E-state index in [2.05, 4.69) is 37.9 Å². The monoisotopic (exact) mass is 319 g/mol. The molecule has 1 heterocycles. The molecule has 0 saturated heterocycles. The SMILES string of the molecule is Cc1cc(C)c(N(Cc2ccccc2)C(=O)n2ccnc2)c(C)c1. The van der Waals surface area contributed by atoms with Gasteiger partial charge in [0.25, 0.3) is 0 Å². The second kappa shape index (κ2) is 6.71. The van der Waals surface area contributed by atoms with Crippen LogP contribution in [0, 0.1) is 20.8 Å².